The van der Waals surface area contributed by atoms with Gasteiger partial charge < -0.3 is 10.1 Å². The minimum absolute atomic E-state index is 0.0531. The highest BCUT2D eigenvalue weighted by atomic mass is 35.5. The van der Waals surface area contributed by atoms with Crippen LogP contribution in [0.1, 0.15) is 15.9 Å². The molecule has 3 aromatic rings. The molecule has 1 N–H and O–H groups in total. The van der Waals surface area contributed by atoms with E-state index >= 15 is 0 Å². The molecule has 162 valence electrons. The van der Waals surface area contributed by atoms with E-state index in [2.05, 4.69) is 16.4 Å². The zero-order chi connectivity index (χ0) is 22.7. The minimum atomic E-state index is -3.43. The van der Waals surface area contributed by atoms with Crippen LogP contribution in [0.25, 0.3) is 11.3 Å². The number of amides is 1. The molecule has 1 fully saturated rings. The molecular weight excluding hydrogens is 452 g/mol. The van der Waals surface area contributed by atoms with Gasteiger partial charge in [-0.2, -0.15) is 5.26 Å². The number of aromatic nitrogens is 1. The molecule has 1 aliphatic rings. The molecule has 0 radical (unpaired) electrons. The number of nitrogens with one attached hydrogen (secondary N) is 1. The number of rotatable bonds is 4. The molecule has 0 bridgehead atoms. The highest BCUT2D eigenvalue weighted by Crippen LogP contribution is 2.30. The number of hydrogen-bond donors (Lipinski definition) is 1. The number of nitrogens with zero attached hydrogens (tertiary/aromatic N) is 3. The second-order valence-corrected chi connectivity index (χ2v) is 9.36. The van der Waals surface area contributed by atoms with Gasteiger partial charge in [-0.15, -0.1) is 0 Å². The topological polar surface area (TPSA) is 112 Å². The number of ether oxygens (including phenoxy) is 1. The summed E-state index contributed by atoms with van der Waals surface area (Å²) in [6, 6.07) is 16.4. The Morgan fingerprint density at radius 2 is 1.94 bits per heavy atom. The van der Waals surface area contributed by atoms with Crippen LogP contribution >= 0.6 is 11.6 Å². The number of carbonyl (C=O) groups excluding carboxylic acids is 1. The molecule has 0 saturated carbocycles. The fourth-order valence-corrected chi connectivity index (χ4v) is 4.61. The Morgan fingerprint density at radius 1 is 1.16 bits per heavy atom. The van der Waals surface area contributed by atoms with E-state index in [0.29, 0.717) is 38.8 Å². The minimum Gasteiger partial charge on any atom is -0.359 e. The Balaban J connectivity index is 1.53. The number of anilines is 2. The predicted molar refractivity (Wildman–Crippen MR) is 121 cm³/mol. The Kier molecular flexibility index (Phi) is 6.10. The third-order valence-electron chi connectivity index (χ3n) is 4.84. The predicted octanol–water partition coefficient (Wildman–Crippen LogP) is 3.65. The van der Waals surface area contributed by atoms with Crippen molar-refractivity contribution >= 4 is 38.9 Å². The first-order valence-corrected chi connectivity index (χ1v) is 11.5. The van der Waals surface area contributed by atoms with Crippen molar-refractivity contribution < 1.29 is 17.9 Å². The lowest BCUT2D eigenvalue weighted by Gasteiger charge is -2.28. The molecule has 10 heteroatoms. The lowest BCUT2D eigenvalue weighted by Crippen LogP contribution is -2.41. The molecule has 4 rings (SSSR count). The molecule has 1 aromatic heterocycles. The molecule has 0 atom stereocenters. The smallest absolute Gasteiger partial charge is 0.255 e. The number of nitriles is 1. The fraction of sp³-hybridized carbons (Fsp3) is 0.136. The van der Waals surface area contributed by atoms with E-state index in [9.17, 15) is 13.2 Å². The number of benzene rings is 2. The quantitative estimate of drug-likeness (QED) is 0.625. The summed E-state index contributed by atoms with van der Waals surface area (Å²) >= 11 is 6.29. The second kappa shape index (κ2) is 8.96. The van der Waals surface area contributed by atoms with Crippen LogP contribution in [0.4, 0.5) is 11.4 Å². The zero-order valence-corrected chi connectivity index (χ0v) is 18.2. The molecule has 32 heavy (non-hydrogen) atoms. The standard InChI is InChI=1S/C22H17ClN4O4S/c23-20-6-3-17(12-19(20)21-11-15(13-24)7-8-25-21)26-22(28)16-1-4-18(5-2-16)27-14-31-9-10-32(27,29)30/h1-8,11-12H,9-10,14H2,(H,26,28). The third kappa shape index (κ3) is 4.57. The average Bonchev–Trinajstić information content (AvgIpc) is 2.80. The first-order chi connectivity index (χ1) is 15.4. The Bertz CT molecular complexity index is 1320. The summed E-state index contributed by atoms with van der Waals surface area (Å²) in [4.78, 5) is 17.0. The van der Waals surface area contributed by atoms with E-state index in [4.69, 9.17) is 21.6 Å². The van der Waals surface area contributed by atoms with Crippen molar-refractivity contribution in [3.63, 3.8) is 0 Å². The van der Waals surface area contributed by atoms with E-state index < -0.39 is 10.0 Å². The molecule has 2 heterocycles. The van der Waals surface area contributed by atoms with Crippen molar-refractivity contribution in [2.24, 2.45) is 0 Å². The second-order valence-electron chi connectivity index (χ2n) is 6.94. The van der Waals surface area contributed by atoms with E-state index in [1.807, 2.05) is 0 Å². The van der Waals surface area contributed by atoms with Crippen molar-refractivity contribution in [1.29, 1.82) is 5.26 Å². The van der Waals surface area contributed by atoms with E-state index in [1.54, 1.807) is 54.6 Å². The van der Waals surface area contributed by atoms with Gasteiger partial charge >= 0.3 is 0 Å². The maximum Gasteiger partial charge on any atom is 0.255 e. The molecule has 1 amide bonds. The van der Waals surface area contributed by atoms with Crippen molar-refractivity contribution in [2.75, 3.05) is 28.7 Å². The number of hydrogen-bond acceptors (Lipinski definition) is 6. The SMILES string of the molecule is N#Cc1ccnc(-c2cc(NC(=O)c3ccc(N4COCCS4(=O)=O)cc3)ccc2Cl)c1. The van der Waals surface area contributed by atoms with Crippen LogP contribution in [0.15, 0.2) is 60.8 Å². The molecule has 1 aliphatic heterocycles. The van der Waals surface area contributed by atoms with E-state index in [0.717, 1.165) is 0 Å². The van der Waals surface area contributed by atoms with Gasteiger partial charge in [-0.3, -0.25) is 9.78 Å². The molecule has 0 spiro atoms. The highest BCUT2D eigenvalue weighted by Gasteiger charge is 2.26. The number of halogens is 1. The summed E-state index contributed by atoms with van der Waals surface area (Å²) in [5, 5.41) is 12.3. The highest BCUT2D eigenvalue weighted by molar-refractivity contribution is 7.92. The number of pyridine rings is 1. The number of sulfonamides is 1. The van der Waals surface area contributed by atoms with Gasteiger partial charge in [0.2, 0.25) is 10.0 Å². The molecular formula is C22H17ClN4O4S. The Hall–Kier alpha value is -3.45. The van der Waals surface area contributed by atoms with Crippen LogP contribution in [0, 0.1) is 11.3 Å². The summed E-state index contributed by atoms with van der Waals surface area (Å²) < 4.78 is 30.8. The van der Waals surface area contributed by atoms with Crippen LogP contribution in [-0.2, 0) is 14.8 Å². The molecule has 2 aromatic carbocycles. The van der Waals surface area contributed by atoms with Gasteiger partial charge in [0.05, 0.1) is 40.4 Å². The van der Waals surface area contributed by atoms with Crippen LogP contribution in [0.2, 0.25) is 5.02 Å². The monoisotopic (exact) mass is 468 g/mol. The normalized spacial score (nSPS) is 15.1. The van der Waals surface area contributed by atoms with Crippen LogP contribution in [0.5, 0.6) is 0 Å². The molecule has 8 nitrogen and oxygen atoms in total. The van der Waals surface area contributed by atoms with Crippen molar-refractivity contribution in [1.82, 2.24) is 4.98 Å². The summed E-state index contributed by atoms with van der Waals surface area (Å²) in [6.45, 7) is 0.112. The zero-order valence-electron chi connectivity index (χ0n) is 16.7. The van der Waals surface area contributed by atoms with Crippen LogP contribution < -0.4 is 9.62 Å². The first-order valence-electron chi connectivity index (χ1n) is 9.53. The largest absolute Gasteiger partial charge is 0.359 e. The van der Waals surface area contributed by atoms with E-state index in [1.165, 1.54) is 10.5 Å². The summed E-state index contributed by atoms with van der Waals surface area (Å²) in [5.74, 6) is -0.457. The number of carbonyl (C=O) groups is 1. The summed E-state index contributed by atoms with van der Waals surface area (Å²) in [7, 11) is -3.43. The van der Waals surface area contributed by atoms with Crippen molar-refractivity contribution in [2.45, 2.75) is 0 Å². The van der Waals surface area contributed by atoms with Crippen molar-refractivity contribution in [3.8, 4) is 17.3 Å². The fourth-order valence-electron chi connectivity index (χ4n) is 3.17. The maximum absolute atomic E-state index is 12.7. The van der Waals surface area contributed by atoms with Gasteiger partial charge in [0, 0.05) is 23.0 Å². The van der Waals surface area contributed by atoms with Gasteiger partial charge in [-0.25, -0.2) is 12.7 Å². The van der Waals surface area contributed by atoms with Gasteiger partial charge in [-0.05, 0) is 54.6 Å². The average molecular weight is 469 g/mol. The van der Waals surface area contributed by atoms with Crippen molar-refractivity contribution in [3.05, 3.63) is 76.9 Å². The van der Waals surface area contributed by atoms with Crippen LogP contribution in [0.3, 0.4) is 0 Å². The van der Waals surface area contributed by atoms with Gasteiger partial charge in [-0.1, -0.05) is 11.6 Å². The Morgan fingerprint density at radius 3 is 2.66 bits per heavy atom. The molecule has 1 saturated heterocycles. The maximum atomic E-state index is 12.7. The lowest BCUT2D eigenvalue weighted by atomic mass is 10.1. The van der Waals surface area contributed by atoms with Crippen LogP contribution in [-0.4, -0.2) is 38.4 Å². The van der Waals surface area contributed by atoms with Gasteiger partial charge in [0.15, 0.2) is 0 Å². The molecule has 0 unspecified atom stereocenters. The van der Waals surface area contributed by atoms with Gasteiger partial charge in [0.25, 0.3) is 5.91 Å². The lowest BCUT2D eigenvalue weighted by molar-refractivity contribution is 0.102. The molecule has 0 aliphatic carbocycles. The van der Waals surface area contributed by atoms with Gasteiger partial charge in [0.1, 0.15) is 6.73 Å². The summed E-state index contributed by atoms with van der Waals surface area (Å²) in [5.41, 5.74) is 2.81. The third-order valence-corrected chi connectivity index (χ3v) is 6.84. The Labute approximate surface area is 190 Å². The summed E-state index contributed by atoms with van der Waals surface area (Å²) in [6.07, 6.45) is 1.52. The van der Waals surface area contributed by atoms with E-state index in [-0.39, 0.29) is 25.0 Å². The first kappa shape index (κ1) is 21.8.